The maximum atomic E-state index is 11.9. The Morgan fingerprint density at radius 2 is 2.28 bits per heavy atom. The molecule has 0 fully saturated rings. The molecule has 18 heavy (non-hydrogen) atoms. The van der Waals surface area contributed by atoms with Crippen molar-refractivity contribution in [2.75, 3.05) is 6.26 Å². The van der Waals surface area contributed by atoms with E-state index in [2.05, 4.69) is 15.0 Å². The number of thioether (sulfide) groups is 1. The number of rotatable bonds is 3. The van der Waals surface area contributed by atoms with Crippen LogP contribution in [0, 0.1) is 0 Å². The van der Waals surface area contributed by atoms with E-state index in [0.717, 1.165) is 0 Å². The van der Waals surface area contributed by atoms with Crippen LogP contribution in [0.25, 0.3) is 0 Å². The molecule has 2 rings (SSSR count). The lowest BCUT2D eigenvalue weighted by atomic mass is 10.4. The van der Waals surface area contributed by atoms with Crippen molar-refractivity contribution >= 4 is 29.3 Å². The van der Waals surface area contributed by atoms with Crippen LogP contribution in [-0.2, 0) is 0 Å². The largest absolute Gasteiger partial charge is 0.420 e. The number of nitrogens with zero attached hydrogens (tertiary/aromatic N) is 3. The van der Waals surface area contributed by atoms with Gasteiger partial charge in [0, 0.05) is 6.20 Å². The van der Waals surface area contributed by atoms with E-state index < -0.39 is 5.97 Å². The molecule has 0 aliphatic heterocycles. The summed E-state index contributed by atoms with van der Waals surface area (Å²) in [5, 5.41) is 0.610. The first kappa shape index (κ1) is 12.8. The molecule has 2 aromatic rings. The molecule has 0 aromatic carbocycles. The number of pyridine rings is 1. The van der Waals surface area contributed by atoms with Crippen LogP contribution >= 0.6 is 23.4 Å². The summed E-state index contributed by atoms with van der Waals surface area (Å²) in [5.74, 6) is -0.298. The van der Waals surface area contributed by atoms with E-state index in [1.807, 2.05) is 0 Å². The maximum Gasteiger partial charge on any atom is 0.364 e. The first-order valence-corrected chi connectivity index (χ1v) is 6.49. The van der Waals surface area contributed by atoms with Crippen LogP contribution in [0.4, 0.5) is 0 Å². The standard InChI is InChI=1S/C11H8ClN3O2S/c1-18-11-14-6-8(12)9(15-11)10(16)17-7-3-2-4-13-5-7/h2-6H,1H3. The SMILES string of the molecule is CSc1ncc(Cl)c(C(=O)Oc2cccnc2)n1. The second kappa shape index (κ2) is 5.79. The minimum atomic E-state index is -0.634. The Balaban J connectivity index is 2.23. The molecule has 7 heteroatoms. The monoisotopic (exact) mass is 281 g/mol. The minimum Gasteiger partial charge on any atom is -0.420 e. The average Bonchev–Trinajstić information content (AvgIpc) is 2.40. The fourth-order valence-corrected chi connectivity index (χ4v) is 1.66. The van der Waals surface area contributed by atoms with Gasteiger partial charge in [-0.15, -0.1) is 0 Å². The van der Waals surface area contributed by atoms with Crippen molar-refractivity contribution in [3.8, 4) is 5.75 Å². The molecule has 2 heterocycles. The first-order valence-electron chi connectivity index (χ1n) is 4.89. The number of carbonyl (C=O) groups is 1. The van der Waals surface area contributed by atoms with Crippen LogP contribution in [0.5, 0.6) is 5.75 Å². The van der Waals surface area contributed by atoms with E-state index in [4.69, 9.17) is 16.3 Å². The Labute approximate surface area is 113 Å². The molecular weight excluding hydrogens is 274 g/mol. The van der Waals surface area contributed by atoms with Crippen LogP contribution in [0.1, 0.15) is 10.5 Å². The Kier molecular flexibility index (Phi) is 4.11. The van der Waals surface area contributed by atoms with Gasteiger partial charge in [-0.3, -0.25) is 4.98 Å². The lowest BCUT2D eigenvalue weighted by Crippen LogP contribution is -2.12. The second-order valence-corrected chi connectivity index (χ2v) is 4.31. The number of hydrogen-bond acceptors (Lipinski definition) is 6. The minimum absolute atomic E-state index is 0.0415. The first-order chi connectivity index (χ1) is 8.70. The highest BCUT2D eigenvalue weighted by Crippen LogP contribution is 2.18. The molecule has 92 valence electrons. The average molecular weight is 282 g/mol. The van der Waals surface area contributed by atoms with Crippen molar-refractivity contribution in [3.05, 3.63) is 41.4 Å². The van der Waals surface area contributed by atoms with Crippen LogP contribution in [0.2, 0.25) is 5.02 Å². The molecule has 0 saturated heterocycles. The van der Waals surface area contributed by atoms with Gasteiger partial charge in [-0.1, -0.05) is 23.4 Å². The van der Waals surface area contributed by atoms with Gasteiger partial charge in [0.1, 0.15) is 5.75 Å². The van der Waals surface area contributed by atoms with Crippen LogP contribution < -0.4 is 4.74 Å². The molecule has 0 aliphatic carbocycles. The molecule has 0 radical (unpaired) electrons. The lowest BCUT2D eigenvalue weighted by molar-refractivity contribution is 0.0727. The Hall–Kier alpha value is -1.66. The molecule has 2 aromatic heterocycles. The zero-order chi connectivity index (χ0) is 13.0. The summed E-state index contributed by atoms with van der Waals surface area (Å²) < 4.78 is 5.10. The molecule has 5 nitrogen and oxygen atoms in total. The Morgan fingerprint density at radius 3 is 2.94 bits per heavy atom. The molecule has 0 spiro atoms. The summed E-state index contributed by atoms with van der Waals surface area (Å²) in [4.78, 5) is 23.7. The summed E-state index contributed by atoms with van der Waals surface area (Å²) in [6.45, 7) is 0. The third-order valence-electron chi connectivity index (χ3n) is 1.94. The van der Waals surface area contributed by atoms with Gasteiger partial charge in [-0.05, 0) is 18.4 Å². The van der Waals surface area contributed by atoms with Crippen LogP contribution in [-0.4, -0.2) is 27.2 Å². The number of ether oxygens (including phenoxy) is 1. The normalized spacial score (nSPS) is 10.1. The van der Waals surface area contributed by atoms with Crippen molar-refractivity contribution in [1.29, 1.82) is 0 Å². The maximum absolute atomic E-state index is 11.9. The van der Waals surface area contributed by atoms with E-state index in [9.17, 15) is 4.79 Å². The van der Waals surface area contributed by atoms with Crippen molar-refractivity contribution in [3.63, 3.8) is 0 Å². The molecule has 0 aliphatic rings. The van der Waals surface area contributed by atoms with E-state index in [1.165, 1.54) is 24.2 Å². The van der Waals surface area contributed by atoms with Gasteiger partial charge in [0.15, 0.2) is 10.9 Å². The smallest absolute Gasteiger partial charge is 0.364 e. The summed E-state index contributed by atoms with van der Waals surface area (Å²) in [6, 6.07) is 3.28. The molecule has 0 N–H and O–H groups in total. The predicted molar refractivity (Wildman–Crippen MR) is 68.0 cm³/mol. The summed E-state index contributed by atoms with van der Waals surface area (Å²) >= 11 is 7.18. The van der Waals surface area contributed by atoms with E-state index >= 15 is 0 Å². The van der Waals surface area contributed by atoms with Gasteiger partial charge in [0.2, 0.25) is 0 Å². The fourth-order valence-electron chi connectivity index (χ4n) is 1.16. The van der Waals surface area contributed by atoms with Crippen molar-refractivity contribution in [2.24, 2.45) is 0 Å². The van der Waals surface area contributed by atoms with Crippen molar-refractivity contribution < 1.29 is 9.53 Å². The third-order valence-corrected chi connectivity index (χ3v) is 2.78. The summed E-state index contributed by atoms with van der Waals surface area (Å²) in [6.07, 6.45) is 6.20. The van der Waals surface area contributed by atoms with Gasteiger partial charge in [0.05, 0.1) is 17.4 Å². The zero-order valence-electron chi connectivity index (χ0n) is 9.33. The fraction of sp³-hybridized carbons (Fsp3) is 0.0909. The number of halogens is 1. The number of aromatic nitrogens is 3. The third kappa shape index (κ3) is 2.96. The van der Waals surface area contributed by atoms with Gasteiger partial charge >= 0.3 is 5.97 Å². The number of esters is 1. The van der Waals surface area contributed by atoms with E-state index in [-0.39, 0.29) is 10.7 Å². The molecule has 0 unspecified atom stereocenters. The molecule has 0 amide bonds. The lowest BCUT2D eigenvalue weighted by Gasteiger charge is -2.05. The second-order valence-electron chi connectivity index (χ2n) is 3.13. The quantitative estimate of drug-likeness (QED) is 0.489. The van der Waals surface area contributed by atoms with Crippen molar-refractivity contribution in [1.82, 2.24) is 15.0 Å². The zero-order valence-corrected chi connectivity index (χ0v) is 10.9. The number of hydrogen-bond donors (Lipinski definition) is 0. The topological polar surface area (TPSA) is 65.0 Å². The van der Waals surface area contributed by atoms with Gasteiger partial charge in [-0.25, -0.2) is 14.8 Å². The highest BCUT2D eigenvalue weighted by Gasteiger charge is 2.16. The van der Waals surface area contributed by atoms with Crippen LogP contribution in [0.15, 0.2) is 35.9 Å². The molecule has 0 saturated carbocycles. The highest BCUT2D eigenvalue weighted by molar-refractivity contribution is 7.98. The number of carbonyl (C=O) groups excluding carboxylic acids is 1. The van der Waals surface area contributed by atoms with E-state index in [0.29, 0.717) is 10.9 Å². The molecule has 0 bridgehead atoms. The summed E-state index contributed by atoms with van der Waals surface area (Å²) in [5.41, 5.74) is 0.0415. The van der Waals surface area contributed by atoms with Crippen molar-refractivity contribution in [2.45, 2.75) is 5.16 Å². The van der Waals surface area contributed by atoms with Gasteiger partial charge < -0.3 is 4.74 Å². The highest BCUT2D eigenvalue weighted by atomic mass is 35.5. The molecular formula is C11H8ClN3O2S. The molecule has 0 atom stereocenters. The van der Waals surface area contributed by atoms with Gasteiger partial charge in [0.25, 0.3) is 0 Å². The van der Waals surface area contributed by atoms with Crippen LogP contribution in [0.3, 0.4) is 0 Å². The van der Waals surface area contributed by atoms with E-state index in [1.54, 1.807) is 24.6 Å². The Morgan fingerprint density at radius 1 is 1.44 bits per heavy atom. The predicted octanol–water partition coefficient (Wildman–Crippen LogP) is 2.47. The van der Waals surface area contributed by atoms with Gasteiger partial charge in [-0.2, -0.15) is 0 Å². The Bertz CT molecular complexity index is 565. The summed E-state index contributed by atoms with van der Waals surface area (Å²) in [7, 11) is 0.